The first-order valence-corrected chi connectivity index (χ1v) is 11.8. The van der Waals surface area contributed by atoms with Crippen LogP contribution in [-0.2, 0) is 11.2 Å². The van der Waals surface area contributed by atoms with Gasteiger partial charge in [-0.2, -0.15) is 0 Å². The zero-order valence-electron chi connectivity index (χ0n) is 18.8. The summed E-state index contributed by atoms with van der Waals surface area (Å²) in [5, 5.41) is 6.84. The van der Waals surface area contributed by atoms with Crippen LogP contribution in [0.4, 0.5) is 11.4 Å². The number of aryl methyl sites for hydroxylation is 1. The number of hydrogen-bond donors (Lipinski definition) is 2. The number of rotatable bonds is 7. The molecule has 0 atom stereocenters. The van der Waals surface area contributed by atoms with Gasteiger partial charge in [0.2, 0.25) is 5.91 Å². The first kappa shape index (κ1) is 22.8. The van der Waals surface area contributed by atoms with Crippen LogP contribution in [0.3, 0.4) is 0 Å². The molecule has 2 amide bonds. The molecule has 1 aromatic heterocycles. The highest BCUT2D eigenvalue weighted by molar-refractivity contribution is 6.30. The minimum Gasteiger partial charge on any atom is -0.324 e. The van der Waals surface area contributed by atoms with Crippen molar-refractivity contribution in [1.82, 2.24) is 9.55 Å². The number of halogens is 1. The van der Waals surface area contributed by atoms with E-state index in [0.29, 0.717) is 45.1 Å². The molecular formula is C27H23ClN4O3. The quantitative estimate of drug-likeness (QED) is 0.375. The Hall–Kier alpha value is -3.97. The second kappa shape index (κ2) is 9.72. The molecule has 0 aliphatic heterocycles. The lowest BCUT2D eigenvalue weighted by molar-refractivity contribution is -0.116. The molecule has 2 N–H and O–H groups in total. The fourth-order valence-corrected chi connectivity index (χ4v) is 4.14. The molecule has 0 radical (unpaired) electrons. The van der Waals surface area contributed by atoms with E-state index < -0.39 is 0 Å². The van der Waals surface area contributed by atoms with Crippen molar-refractivity contribution in [2.45, 2.75) is 31.7 Å². The van der Waals surface area contributed by atoms with E-state index in [1.54, 1.807) is 59.2 Å². The fourth-order valence-electron chi connectivity index (χ4n) is 4.01. The Balaban J connectivity index is 1.30. The van der Waals surface area contributed by atoms with E-state index in [9.17, 15) is 14.4 Å². The highest BCUT2D eigenvalue weighted by Gasteiger charge is 2.28. The molecule has 4 aromatic rings. The molecule has 8 heteroatoms. The largest absolute Gasteiger partial charge is 0.324 e. The Morgan fingerprint density at radius 3 is 2.29 bits per heavy atom. The monoisotopic (exact) mass is 486 g/mol. The molecule has 35 heavy (non-hydrogen) atoms. The van der Waals surface area contributed by atoms with Crippen molar-refractivity contribution in [3.05, 3.63) is 99.6 Å². The number of nitrogens with one attached hydrogen (secondary N) is 2. The number of hydrogen-bond acceptors (Lipinski definition) is 4. The Morgan fingerprint density at radius 2 is 1.57 bits per heavy atom. The van der Waals surface area contributed by atoms with E-state index in [-0.39, 0.29) is 29.8 Å². The summed E-state index contributed by atoms with van der Waals surface area (Å²) < 4.78 is 1.75. The van der Waals surface area contributed by atoms with E-state index in [0.717, 1.165) is 12.8 Å². The highest BCUT2D eigenvalue weighted by atomic mass is 35.5. The summed E-state index contributed by atoms with van der Waals surface area (Å²) in [6, 6.07) is 21.0. The van der Waals surface area contributed by atoms with Crippen LogP contribution in [0.15, 0.2) is 77.6 Å². The zero-order chi connectivity index (χ0) is 24.4. The van der Waals surface area contributed by atoms with Gasteiger partial charge >= 0.3 is 0 Å². The molecule has 5 rings (SSSR count). The number of aromatic nitrogens is 2. The second-order valence-corrected chi connectivity index (χ2v) is 8.94. The lowest BCUT2D eigenvalue weighted by Gasteiger charge is -2.14. The van der Waals surface area contributed by atoms with Crippen molar-refractivity contribution in [3.63, 3.8) is 0 Å². The summed E-state index contributed by atoms with van der Waals surface area (Å²) in [4.78, 5) is 43.1. The Kier molecular flexibility index (Phi) is 6.33. The minimum atomic E-state index is -0.308. The maximum Gasteiger partial charge on any atom is 0.261 e. The van der Waals surface area contributed by atoms with Gasteiger partial charge in [-0.25, -0.2) is 4.98 Å². The number of fused-ring (bicyclic) bond motifs is 1. The van der Waals surface area contributed by atoms with Gasteiger partial charge in [-0.05, 0) is 61.4 Å². The predicted octanol–water partition coefficient (Wildman–Crippen LogP) is 5.21. The third-order valence-corrected chi connectivity index (χ3v) is 6.18. The van der Waals surface area contributed by atoms with Gasteiger partial charge in [0.1, 0.15) is 5.82 Å². The van der Waals surface area contributed by atoms with Gasteiger partial charge in [-0.1, -0.05) is 35.9 Å². The van der Waals surface area contributed by atoms with E-state index >= 15 is 0 Å². The average molecular weight is 487 g/mol. The number of anilines is 2. The lowest BCUT2D eigenvalue weighted by atomic mass is 10.2. The summed E-state index contributed by atoms with van der Waals surface area (Å²) in [5.74, 6) is 0.0794. The van der Waals surface area contributed by atoms with Crippen LogP contribution in [0.1, 0.15) is 41.5 Å². The van der Waals surface area contributed by atoms with Gasteiger partial charge in [0.25, 0.3) is 11.5 Å². The van der Waals surface area contributed by atoms with Crippen molar-refractivity contribution in [1.29, 1.82) is 0 Å². The fraction of sp³-hybridized carbons (Fsp3) is 0.185. The Bertz CT molecular complexity index is 1480. The second-order valence-electron chi connectivity index (χ2n) is 8.51. The number of para-hydroxylation sites is 3. The molecule has 176 valence electrons. The van der Waals surface area contributed by atoms with E-state index in [1.165, 1.54) is 0 Å². The highest BCUT2D eigenvalue weighted by Crippen LogP contribution is 2.35. The molecule has 7 nitrogen and oxygen atoms in total. The standard InChI is InChI=1S/C27H23ClN4O3/c28-18-11-9-17(10-12-18)26(34)31-23-8-4-3-7-22(23)30-25(33)16-15-24-29-21-6-2-1-5-20(21)27(35)32(24)19-13-14-19/h1-12,19H,13-16H2,(H,30,33)(H,31,34). The molecule has 1 heterocycles. The van der Waals surface area contributed by atoms with E-state index in [1.807, 2.05) is 18.2 Å². The molecule has 1 aliphatic carbocycles. The van der Waals surface area contributed by atoms with E-state index in [2.05, 4.69) is 15.6 Å². The number of amides is 2. The van der Waals surface area contributed by atoms with Crippen LogP contribution in [0, 0.1) is 0 Å². The third-order valence-electron chi connectivity index (χ3n) is 5.92. The van der Waals surface area contributed by atoms with Crippen molar-refractivity contribution in [2.24, 2.45) is 0 Å². The van der Waals surface area contributed by atoms with Crippen molar-refractivity contribution >= 4 is 45.7 Å². The number of carbonyl (C=O) groups is 2. The van der Waals surface area contributed by atoms with Crippen LogP contribution in [0.2, 0.25) is 5.02 Å². The molecular weight excluding hydrogens is 464 g/mol. The third kappa shape index (κ3) is 5.10. The topological polar surface area (TPSA) is 93.1 Å². The van der Waals surface area contributed by atoms with Crippen LogP contribution in [0.25, 0.3) is 10.9 Å². The molecule has 3 aromatic carbocycles. The number of nitrogens with zero attached hydrogens (tertiary/aromatic N) is 2. The summed E-state index contributed by atoms with van der Waals surface area (Å²) >= 11 is 5.90. The molecule has 0 spiro atoms. The van der Waals surface area contributed by atoms with Gasteiger partial charge in [0, 0.05) is 29.5 Å². The van der Waals surface area contributed by atoms with E-state index in [4.69, 9.17) is 11.6 Å². The molecule has 1 saturated carbocycles. The smallest absolute Gasteiger partial charge is 0.261 e. The average Bonchev–Trinajstić information content (AvgIpc) is 3.69. The molecule has 1 aliphatic rings. The maximum absolute atomic E-state index is 13.0. The van der Waals surface area contributed by atoms with Crippen LogP contribution in [-0.4, -0.2) is 21.4 Å². The summed E-state index contributed by atoms with van der Waals surface area (Å²) in [5.41, 5.74) is 2.02. The van der Waals surface area contributed by atoms with Crippen LogP contribution in [0.5, 0.6) is 0 Å². The Labute approximate surface area is 206 Å². The number of benzene rings is 3. The van der Waals surface area contributed by atoms with Gasteiger partial charge in [0.15, 0.2) is 0 Å². The molecule has 0 bridgehead atoms. The number of carbonyl (C=O) groups excluding carboxylic acids is 2. The van der Waals surface area contributed by atoms with Crippen molar-refractivity contribution < 1.29 is 9.59 Å². The van der Waals surface area contributed by atoms with Gasteiger partial charge in [-0.3, -0.25) is 19.0 Å². The van der Waals surface area contributed by atoms with Gasteiger partial charge < -0.3 is 10.6 Å². The SMILES string of the molecule is O=C(CCc1nc2ccccc2c(=O)n1C1CC1)Nc1ccccc1NC(=O)c1ccc(Cl)cc1. The van der Waals surface area contributed by atoms with Crippen LogP contribution >= 0.6 is 11.6 Å². The van der Waals surface area contributed by atoms with Crippen LogP contribution < -0.4 is 16.2 Å². The lowest BCUT2D eigenvalue weighted by Crippen LogP contribution is -2.25. The molecule has 0 saturated heterocycles. The summed E-state index contributed by atoms with van der Waals surface area (Å²) in [7, 11) is 0. The predicted molar refractivity (Wildman–Crippen MR) is 137 cm³/mol. The summed E-state index contributed by atoms with van der Waals surface area (Å²) in [6.07, 6.45) is 2.37. The minimum absolute atomic E-state index is 0.0521. The van der Waals surface area contributed by atoms with Gasteiger partial charge in [0.05, 0.1) is 22.3 Å². The normalized spacial score (nSPS) is 12.9. The first-order valence-electron chi connectivity index (χ1n) is 11.5. The molecule has 1 fully saturated rings. The molecule has 0 unspecified atom stereocenters. The van der Waals surface area contributed by atoms with Crippen molar-refractivity contribution in [2.75, 3.05) is 10.6 Å². The Morgan fingerprint density at radius 1 is 0.914 bits per heavy atom. The first-order chi connectivity index (χ1) is 17.0. The van der Waals surface area contributed by atoms with Crippen molar-refractivity contribution in [3.8, 4) is 0 Å². The summed E-state index contributed by atoms with van der Waals surface area (Å²) in [6.45, 7) is 0. The zero-order valence-corrected chi connectivity index (χ0v) is 19.6. The van der Waals surface area contributed by atoms with Gasteiger partial charge in [-0.15, -0.1) is 0 Å². The maximum atomic E-state index is 13.0.